The SMILES string of the molecule is COc1cc(-c2ccc(C)s2)cc2c1OCCN(Cc1nccn1C)C2. The van der Waals surface area contributed by atoms with E-state index in [2.05, 4.69) is 45.6 Å². The topological polar surface area (TPSA) is 39.5 Å². The van der Waals surface area contributed by atoms with Crippen molar-refractivity contribution in [2.75, 3.05) is 20.3 Å². The smallest absolute Gasteiger partial charge is 0.165 e. The van der Waals surface area contributed by atoms with Crippen molar-refractivity contribution in [2.24, 2.45) is 7.05 Å². The van der Waals surface area contributed by atoms with Crippen LogP contribution in [0, 0.1) is 6.92 Å². The Kier molecular flexibility index (Phi) is 4.70. The summed E-state index contributed by atoms with van der Waals surface area (Å²) in [6, 6.07) is 8.64. The van der Waals surface area contributed by atoms with E-state index in [1.54, 1.807) is 18.4 Å². The molecule has 5 nitrogen and oxygen atoms in total. The molecule has 26 heavy (non-hydrogen) atoms. The van der Waals surface area contributed by atoms with Crippen LogP contribution in [0.2, 0.25) is 0 Å². The molecule has 0 saturated carbocycles. The third-order valence-electron chi connectivity index (χ3n) is 4.71. The lowest BCUT2D eigenvalue weighted by molar-refractivity contribution is 0.211. The van der Waals surface area contributed by atoms with Gasteiger partial charge in [-0.15, -0.1) is 11.3 Å². The Morgan fingerprint density at radius 2 is 2.19 bits per heavy atom. The number of nitrogens with zero attached hydrogens (tertiary/aromatic N) is 3. The van der Waals surface area contributed by atoms with Crippen LogP contribution in [0.1, 0.15) is 16.3 Å². The number of methoxy groups -OCH3 is 1. The van der Waals surface area contributed by atoms with Gasteiger partial charge in [-0.05, 0) is 36.8 Å². The maximum atomic E-state index is 6.06. The Labute approximate surface area is 157 Å². The Bertz CT molecular complexity index is 916. The summed E-state index contributed by atoms with van der Waals surface area (Å²) in [4.78, 5) is 9.39. The Hall–Kier alpha value is -2.31. The fourth-order valence-corrected chi connectivity index (χ4v) is 4.16. The van der Waals surface area contributed by atoms with Crippen LogP contribution >= 0.6 is 11.3 Å². The molecule has 6 heteroatoms. The van der Waals surface area contributed by atoms with Gasteiger partial charge in [0.25, 0.3) is 0 Å². The Morgan fingerprint density at radius 3 is 2.88 bits per heavy atom. The third-order valence-corrected chi connectivity index (χ3v) is 5.76. The van der Waals surface area contributed by atoms with Gasteiger partial charge in [0, 0.05) is 47.8 Å². The lowest BCUT2D eigenvalue weighted by Crippen LogP contribution is -2.26. The first-order valence-electron chi connectivity index (χ1n) is 8.73. The first-order chi connectivity index (χ1) is 12.6. The minimum atomic E-state index is 0.644. The molecule has 0 radical (unpaired) electrons. The summed E-state index contributed by atoms with van der Waals surface area (Å²) in [5.41, 5.74) is 2.35. The van der Waals surface area contributed by atoms with Crippen molar-refractivity contribution in [1.29, 1.82) is 0 Å². The molecule has 0 bridgehead atoms. The highest BCUT2D eigenvalue weighted by Gasteiger charge is 2.21. The van der Waals surface area contributed by atoms with Crippen LogP contribution in [-0.2, 0) is 20.1 Å². The molecule has 0 aliphatic carbocycles. The molecule has 2 aromatic heterocycles. The normalized spacial score (nSPS) is 14.6. The third kappa shape index (κ3) is 3.34. The fraction of sp³-hybridized carbons (Fsp3) is 0.350. The number of hydrogen-bond acceptors (Lipinski definition) is 5. The number of hydrogen-bond donors (Lipinski definition) is 0. The summed E-state index contributed by atoms with van der Waals surface area (Å²) in [5, 5.41) is 0. The molecule has 0 saturated heterocycles. The molecule has 4 rings (SSSR count). The average Bonchev–Trinajstić information content (AvgIpc) is 3.17. The molecule has 0 spiro atoms. The second-order valence-electron chi connectivity index (χ2n) is 6.59. The first-order valence-corrected chi connectivity index (χ1v) is 9.55. The number of aryl methyl sites for hydroxylation is 2. The zero-order valence-corrected chi connectivity index (χ0v) is 16.2. The molecule has 0 unspecified atom stereocenters. The van der Waals surface area contributed by atoms with Crippen molar-refractivity contribution < 1.29 is 9.47 Å². The lowest BCUT2D eigenvalue weighted by Gasteiger charge is -2.19. The van der Waals surface area contributed by atoms with Gasteiger partial charge in [0.05, 0.1) is 13.7 Å². The van der Waals surface area contributed by atoms with Crippen molar-refractivity contribution >= 4 is 11.3 Å². The van der Waals surface area contributed by atoms with Gasteiger partial charge in [-0.2, -0.15) is 0 Å². The molecule has 0 amide bonds. The number of imidazole rings is 1. The van der Waals surface area contributed by atoms with Gasteiger partial charge in [-0.3, -0.25) is 4.90 Å². The van der Waals surface area contributed by atoms with E-state index in [0.717, 1.165) is 42.5 Å². The zero-order chi connectivity index (χ0) is 18.1. The average molecular weight is 369 g/mol. The summed E-state index contributed by atoms with van der Waals surface area (Å²) in [6.07, 6.45) is 3.83. The van der Waals surface area contributed by atoms with Gasteiger partial charge in [0.1, 0.15) is 12.4 Å². The maximum absolute atomic E-state index is 6.06. The van der Waals surface area contributed by atoms with Crippen molar-refractivity contribution in [3.63, 3.8) is 0 Å². The quantitative estimate of drug-likeness (QED) is 0.700. The van der Waals surface area contributed by atoms with Gasteiger partial charge >= 0.3 is 0 Å². The molecule has 0 fully saturated rings. The second kappa shape index (κ2) is 7.13. The number of rotatable bonds is 4. The highest BCUT2D eigenvalue weighted by molar-refractivity contribution is 7.15. The molecule has 0 atom stereocenters. The molecular formula is C20H23N3O2S. The van der Waals surface area contributed by atoms with Crippen LogP contribution in [0.4, 0.5) is 0 Å². The van der Waals surface area contributed by atoms with E-state index in [1.807, 2.05) is 19.4 Å². The van der Waals surface area contributed by atoms with Crippen molar-refractivity contribution in [3.05, 3.63) is 52.9 Å². The summed E-state index contributed by atoms with van der Waals surface area (Å²) in [6.45, 7) is 5.25. The maximum Gasteiger partial charge on any atom is 0.165 e. The Morgan fingerprint density at radius 1 is 1.31 bits per heavy atom. The van der Waals surface area contributed by atoms with Gasteiger partial charge in [0.2, 0.25) is 0 Å². The summed E-state index contributed by atoms with van der Waals surface area (Å²) >= 11 is 1.80. The summed E-state index contributed by atoms with van der Waals surface area (Å²) in [5.74, 6) is 2.74. The molecule has 3 heterocycles. The van der Waals surface area contributed by atoms with Crippen LogP contribution < -0.4 is 9.47 Å². The number of thiophene rings is 1. The number of ether oxygens (including phenoxy) is 2. The van der Waals surface area contributed by atoms with Crippen molar-refractivity contribution in [1.82, 2.24) is 14.5 Å². The largest absolute Gasteiger partial charge is 0.493 e. The van der Waals surface area contributed by atoms with E-state index >= 15 is 0 Å². The van der Waals surface area contributed by atoms with E-state index in [0.29, 0.717) is 6.61 Å². The van der Waals surface area contributed by atoms with Crippen LogP contribution in [-0.4, -0.2) is 34.7 Å². The van der Waals surface area contributed by atoms with Gasteiger partial charge in [-0.25, -0.2) is 4.98 Å². The van der Waals surface area contributed by atoms with E-state index < -0.39 is 0 Å². The van der Waals surface area contributed by atoms with E-state index in [-0.39, 0.29) is 0 Å². The van der Waals surface area contributed by atoms with E-state index in [1.165, 1.54) is 15.3 Å². The predicted octanol–water partition coefficient (Wildman–Crippen LogP) is 3.86. The number of aromatic nitrogens is 2. The van der Waals surface area contributed by atoms with E-state index in [9.17, 15) is 0 Å². The van der Waals surface area contributed by atoms with Gasteiger partial charge in [-0.1, -0.05) is 0 Å². The highest BCUT2D eigenvalue weighted by Crippen LogP contribution is 2.40. The van der Waals surface area contributed by atoms with Crippen molar-refractivity contribution in [2.45, 2.75) is 20.0 Å². The van der Waals surface area contributed by atoms with Crippen LogP contribution in [0.25, 0.3) is 10.4 Å². The number of benzene rings is 1. The molecule has 3 aromatic rings. The standard InChI is InChI=1S/C20H23N3O2S/c1-14-4-5-18(26-14)15-10-16-12-23(13-19-21-6-7-22(19)2)8-9-25-20(16)17(11-15)24-3/h4-7,10-11H,8-9,12-13H2,1-3H3. The second-order valence-corrected chi connectivity index (χ2v) is 7.88. The minimum Gasteiger partial charge on any atom is -0.493 e. The van der Waals surface area contributed by atoms with Gasteiger partial charge in [0.15, 0.2) is 11.5 Å². The summed E-state index contributed by atoms with van der Waals surface area (Å²) < 4.78 is 13.8. The molecule has 136 valence electrons. The van der Waals surface area contributed by atoms with Crippen molar-refractivity contribution in [3.8, 4) is 21.9 Å². The number of fused-ring (bicyclic) bond motifs is 1. The fourth-order valence-electron chi connectivity index (χ4n) is 3.31. The monoisotopic (exact) mass is 369 g/mol. The molecule has 1 aromatic carbocycles. The summed E-state index contributed by atoms with van der Waals surface area (Å²) in [7, 11) is 3.74. The van der Waals surface area contributed by atoms with Crippen LogP contribution in [0.5, 0.6) is 11.5 Å². The molecule has 1 aliphatic heterocycles. The minimum absolute atomic E-state index is 0.644. The molecule has 1 aliphatic rings. The van der Waals surface area contributed by atoms with Crippen LogP contribution in [0.15, 0.2) is 36.7 Å². The first kappa shape index (κ1) is 17.1. The predicted molar refractivity (Wildman–Crippen MR) is 104 cm³/mol. The lowest BCUT2D eigenvalue weighted by atomic mass is 10.1. The van der Waals surface area contributed by atoms with E-state index in [4.69, 9.17) is 9.47 Å². The zero-order valence-electron chi connectivity index (χ0n) is 15.4. The highest BCUT2D eigenvalue weighted by atomic mass is 32.1. The molecular weight excluding hydrogens is 346 g/mol. The van der Waals surface area contributed by atoms with Crippen LogP contribution in [0.3, 0.4) is 0 Å². The Balaban J connectivity index is 1.68. The molecule has 0 N–H and O–H groups in total. The van der Waals surface area contributed by atoms with Gasteiger partial charge < -0.3 is 14.0 Å².